The molecule has 4 rings (SSSR count). The summed E-state index contributed by atoms with van der Waals surface area (Å²) in [7, 11) is 0. The van der Waals surface area contributed by atoms with Gasteiger partial charge >= 0.3 is 0 Å². The fraction of sp³-hybridized carbons (Fsp3) is 0.478. The maximum absolute atomic E-state index is 10.8. The predicted molar refractivity (Wildman–Crippen MR) is 114 cm³/mol. The van der Waals surface area contributed by atoms with Gasteiger partial charge in [0.1, 0.15) is 11.9 Å². The molecule has 6 heteroatoms. The third kappa shape index (κ3) is 4.76. The summed E-state index contributed by atoms with van der Waals surface area (Å²) in [6.45, 7) is 6.56. The van der Waals surface area contributed by atoms with Crippen LogP contribution in [0.1, 0.15) is 17.5 Å². The van der Waals surface area contributed by atoms with Gasteiger partial charge in [0.25, 0.3) is 0 Å². The zero-order chi connectivity index (χ0) is 20.1. The molecule has 1 aromatic heterocycles. The minimum atomic E-state index is -0.423. The fourth-order valence-electron chi connectivity index (χ4n) is 4.52. The van der Waals surface area contributed by atoms with Crippen molar-refractivity contribution in [2.45, 2.75) is 25.0 Å². The van der Waals surface area contributed by atoms with Gasteiger partial charge in [0.15, 0.2) is 0 Å². The van der Waals surface area contributed by atoms with Crippen LogP contribution in [0.3, 0.4) is 0 Å². The number of pyridine rings is 1. The van der Waals surface area contributed by atoms with Crippen molar-refractivity contribution in [1.29, 1.82) is 5.26 Å². The Morgan fingerprint density at radius 2 is 1.83 bits per heavy atom. The van der Waals surface area contributed by atoms with E-state index in [1.165, 1.54) is 5.56 Å². The number of piperidine rings is 1. The number of rotatable bonds is 5. The van der Waals surface area contributed by atoms with Gasteiger partial charge in [0, 0.05) is 58.1 Å². The summed E-state index contributed by atoms with van der Waals surface area (Å²) in [5.74, 6) is 0.693. The highest BCUT2D eigenvalue weighted by atomic mass is 16.3. The molecule has 2 atom stereocenters. The van der Waals surface area contributed by atoms with E-state index in [9.17, 15) is 10.4 Å². The molecular formula is C23H29N5O. The summed E-state index contributed by atoms with van der Waals surface area (Å²) in [5, 5.41) is 20.1. The van der Waals surface area contributed by atoms with E-state index in [0.717, 1.165) is 52.1 Å². The first kappa shape index (κ1) is 19.8. The Bertz CT molecular complexity index is 829. The van der Waals surface area contributed by atoms with Gasteiger partial charge in [-0.25, -0.2) is 4.98 Å². The van der Waals surface area contributed by atoms with Crippen molar-refractivity contribution in [3.05, 3.63) is 59.8 Å². The first-order valence-electron chi connectivity index (χ1n) is 10.5. The lowest BCUT2D eigenvalue weighted by Gasteiger charge is -2.45. The molecule has 1 aromatic carbocycles. The standard InChI is InChI=1S/C23H29N5O/c24-17-20-7-4-10-25-23(20)28-12-9-21(22(29)18-28)27-15-13-26(14-16-27)11-8-19-5-2-1-3-6-19/h1-7,10,21-22,29H,8-9,11-16,18H2/t21-,22-/m1/s1. The quantitative estimate of drug-likeness (QED) is 0.838. The van der Waals surface area contributed by atoms with E-state index in [-0.39, 0.29) is 6.04 Å². The van der Waals surface area contributed by atoms with Crippen LogP contribution >= 0.6 is 0 Å². The van der Waals surface area contributed by atoms with Crippen LogP contribution in [0.4, 0.5) is 5.82 Å². The highest BCUT2D eigenvalue weighted by Crippen LogP contribution is 2.24. The Balaban J connectivity index is 1.27. The van der Waals surface area contributed by atoms with E-state index < -0.39 is 6.10 Å². The first-order valence-corrected chi connectivity index (χ1v) is 10.5. The first-order chi connectivity index (χ1) is 14.2. The van der Waals surface area contributed by atoms with E-state index in [1.807, 2.05) is 0 Å². The van der Waals surface area contributed by atoms with Crippen LogP contribution in [0, 0.1) is 11.3 Å². The molecule has 29 heavy (non-hydrogen) atoms. The van der Waals surface area contributed by atoms with E-state index >= 15 is 0 Å². The molecule has 152 valence electrons. The SMILES string of the molecule is N#Cc1cccnc1N1CC[C@@H](N2CCN(CCc3ccccc3)CC2)[C@H](O)C1. The number of anilines is 1. The average molecular weight is 392 g/mol. The topological polar surface area (TPSA) is 66.6 Å². The summed E-state index contributed by atoms with van der Waals surface area (Å²) >= 11 is 0. The molecule has 6 nitrogen and oxygen atoms in total. The fourth-order valence-corrected chi connectivity index (χ4v) is 4.52. The molecule has 0 spiro atoms. The van der Waals surface area contributed by atoms with Gasteiger partial charge < -0.3 is 14.9 Å². The van der Waals surface area contributed by atoms with Crippen molar-refractivity contribution in [1.82, 2.24) is 14.8 Å². The molecule has 2 aromatic rings. The zero-order valence-corrected chi connectivity index (χ0v) is 16.8. The Kier molecular flexibility index (Phi) is 6.40. The number of aromatic nitrogens is 1. The van der Waals surface area contributed by atoms with Crippen LogP contribution in [0.5, 0.6) is 0 Å². The molecule has 1 N–H and O–H groups in total. The van der Waals surface area contributed by atoms with E-state index in [2.05, 4.69) is 56.1 Å². The Labute approximate surface area is 173 Å². The number of hydrogen-bond acceptors (Lipinski definition) is 6. The second-order valence-electron chi connectivity index (χ2n) is 7.97. The van der Waals surface area contributed by atoms with Crippen molar-refractivity contribution in [2.24, 2.45) is 0 Å². The third-order valence-corrected chi connectivity index (χ3v) is 6.19. The lowest BCUT2D eigenvalue weighted by atomic mass is 9.98. The second-order valence-corrected chi connectivity index (χ2v) is 7.97. The highest BCUT2D eigenvalue weighted by molar-refractivity contribution is 5.53. The molecule has 2 fully saturated rings. The van der Waals surface area contributed by atoms with Crippen molar-refractivity contribution in [3.63, 3.8) is 0 Å². The summed E-state index contributed by atoms with van der Waals surface area (Å²) in [6.07, 6.45) is 3.27. The van der Waals surface area contributed by atoms with E-state index in [4.69, 9.17) is 0 Å². The average Bonchev–Trinajstić information content (AvgIpc) is 2.79. The van der Waals surface area contributed by atoms with Crippen molar-refractivity contribution in [3.8, 4) is 6.07 Å². The third-order valence-electron chi connectivity index (χ3n) is 6.19. The number of aliphatic hydroxyl groups is 1. The number of benzene rings is 1. The molecule has 0 amide bonds. The van der Waals surface area contributed by atoms with Crippen molar-refractivity contribution < 1.29 is 5.11 Å². The van der Waals surface area contributed by atoms with E-state index in [0.29, 0.717) is 17.9 Å². The smallest absolute Gasteiger partial charge is 0.146 e. The van der Waals surface area contributed by atoms with Gasteiger partial charge in [0.2, 0.25) is 0 Å². The van der Waals surface area contributed by atoms with Gasteiger partial charge in [-0.15, -0.1) is 0 Å². The number of β-amino-alcohol motifs (C(OH)–C–C–N with tert-alkyl or cyclic N) is 1. The van der Waals surface area contributed by atoms with Gasteiger partial charge in [-0.1, -0.05) is 30.3 Å². The molecule has 2 aliphatic heterocycles. The normalized spacial score (nSPS) is 23.7. The zero-order valence-electron chi connectivity index (χ0n) is 16.8. The number of aliphatic hydroxyl groups excluding tert-OH is 1. The van der Waals surface area contributed by atoms with Crippen LogP contribution in [0.25, 0.3) is 0 Å². The molecular weight excluding hydrogens is 362 g/mol. The van der Waals surface area contributed by atoms with Gasteiger partial charge in [0.05, 0.1) is 11.7 Å². The molecule has 2 aliphatic rings. The molecule has 0 unspecified atom stereocenters. The van der Waals surface area contributed by atoms with Gasteiger partial charge in [-0.3, -0.25) is 4.90 Å². The molecule has 0 aliphatic carbocycles. The van der Waals surface area contributed by atoms with Crippen LogP contribution < -0.4 is 4.90 Å². The largest absolute Gasteiger partial charge is 0.390 e. The summed E-state index contributed by atoms with van der Waals surface area (Å²) in [4.78, 5) is 11.4. The van der Waals surface area contributed by atoms with Crippen LogP contribution in [0.15, 0.2) is 48.7 Å². The summed E-state index contributed by atoms with van der Waals surface area (Å²) in [5.41, 5.74) is 1.97. The molecule has 0 bridgehead atoms. The number of hydrogen-bond donors (Lipinski definition) is 1. The molecule has 0 saturated carbocycles. The summed E-state index contributed by atoms with van der Waals surface area (Å²) in [6, 6.07) is 16.6. The molecule has 2 saturated heterocycles. The Morgan fingerprint density at radius 1 is 1.03 bits per heavy atom. The van der Waals surface area contributed by atoms with Crippen LogP contribution in [0.2, 0.25) is 0 Å². The number of piperazine rings is 1. The minimum absolute atomic E-state index is 0.191. The minimum Gasteiger partial charge on any atom is -0.390 e. The maximum Gasteiger partial charge on any atom is 0.146 e. The molecule has 0 radical (unpaired) electrons. The Morgan fingerprint density at radius 3 is 2.55 bits per heavy atom. The lowest BCUT2D eigenvalue weighted by molar-refractivity contribution is 0.00967. The van der Waals surface area contributed by atoms with E-state index in [1.54, 1.807) is 18.3 Å². The number of nitriles is 1. The second kappa shape index (κ2) is 9.36. The maximum atomic E-state index is 10.8. The van der Waals surface area contributed by atoms with Crippen molar-refractivity contribution in [2.75, 3.05) is 50.7 Å². The summed E-state index contributed by atoms with van der Waals surface area (Å²) < 4.78 is 0. The monoisotopic (exact) mass is 391 g/mol. The van der Waals surface area contributed by atoms with Crippen LogP contribution in [-0.4, -0.2) is 77.8 Å². The van der Waals surface area contributed by atoms with Crippen molar-refractivity contribution >= 4 is 5.82 Å². The Hall–Kier alpha value is -2.46. The van der Waals surface area contributed by atoms with Gasteiger partial charge in [-0.05, 0) is 30.5 Å². The van der Waals surface area contributed by atoms with Crippen LogP contribution in [-0.2, 0) is 6.42 Å². The lowest BCUT2D eigenvalue weighted by Crippen LogP contribution is -2.59. The predicted octanol–water partition coefficient (Wildman–Crippen LogP) is 1.75. The molecule has 3 heterocycles. The highest BCUT2D eigenvalue weighted by Gasteiger charge is 2.34. The number of nitrogens with zero attached hydrogens (tertiary/aromatic N) is 5. The van der Waals surface area contributed by atoms with Gasteiger partial charge in [-0.2, -0.15) is 5.26 Å².